The zero-order valence-corrected chi connectivity index (χ0v) is 34.0. The van der Waals surface area contributed by atoms with Crippen LogP contribution < -0.4 is 22.1 Å². The molecule has 30 heteroatoms. The number of imidazole rings is 1. The average Bonchev–Trinajstić information content (AvgIpc) is 3.68. The number of nitrogens with two attached hydrogens (primary N) is 2. The molecule has 1 saturated heterocycles. The molecule has 2 aromatic rings. The maximum Gasteiger partial charge on any atom is 0.481 e. The highest BCUT2D eigenvalue weighted by Gasteiger charge is 2.50. The Morgan fingerprint density at radius 2 is 1.72 bits per heavy atom. The van der Waals surface area contributed by atoms with E-state index in [1.54, 1.807) is 0 Å². The number of unbranched alkanes of at least 4 members (excludes halogenated alkanes) is 1. The van der Waals surface area contributed by atoms with Crippen LogP contribution in [-0.2, 0) is 50.7 Å². The van der Waals surface area contributed by atoms with Gasteiger partial charge in [0.25, 0.3) is 0 Å². The molecule has 0 aliphatic carbocycles. The van der Waals surface area contributed by atoms with Crippen LogP contribution in [0, 0.1) is 5.41 Å². The van der Waals surface area contributed by atoms with E-state index in [2.05, 4.69) is 34.4 Å². The van der Waals surface area contributed by atoms with E-state index in [4.69, 9.17) is 25.3 Å². The molecule has 324 valence electrons. The van der Waals surface area contributed by atoms with Crippen LogP contribution in [0.2, 0.25) is 0 Å². The number of anilines is 1. The quantitative estimate of drug-likeness (QED) is 0.0407. The molecule has 0 bridgehead atoms. The van der Waals surface area contributed by atoms with Crippen LogP contribution in [-0.4, -0.2) is 140 Å². The molecule has 2 amide bonds. The Bertz CT molecular complexity index is 1840. The minimum atomic E-state index is -5.58. The number of fused-ring (bicyclic) bond motifs is 1. The summed E-state index contributed by atoms with van der Waals surface area (Å²) in [6, 6.07) is 0. The van der Waals surface area contributed by atoms with Crippen LogP contribution in [0.25, 0.3) is 11.2 Å². The first-order valence-corrected chi connectivity index (χ1v) is 22.4. The van der Waals surface area contributed by atoms with Crippen molar-refractivity contribution in [3.8, 4) is 0 Å². The highest BCUT2D eigenvalue weighted by molar-refractivity contribution is 8.13. The molecule has 1 aliphatic rings. The first-order valence-electron chi connectivity index (χ1n) is 16.9. The summed E-state index contributed by atoms with van der Waals surface area (Å²) >= 11 is 0.855. The zero-order chi connectivity index (χ0) is 42.8. The second-order valence-corrected chi connectivity index (χ2v) is 18.4. The van der Waals surface area contributed by atoms with Crippen molar-refractivity contribution in [1.29, 1.82) is 0 Å². The molecule has 0 spiro atoms. The molecule has 2 aromatic heterocycles. The van der Waals surface area contributed by atoms with Gasteiger partial charge >= 0.3 is 23.5 Å². The van der Waals surface area contributed by atoms with Crippen molar-refractivity contribution >= 4 is 69.1 Å². The Morgan fingerprint density at radius 3 is 2.39 bits per heavy atom. The number of carbonyl (C=O) groups excluding carboxylic acids is 3. The third-order valence-electron chi connectivity index (χ3n) is 7.95. The molecular weight excluding hydrogens is 849 g/mol. The summed E-state index contributed by atoms with van der Waals surface area (Å²) in [4.78, 5) is 87.5. The lowest BCUT2D eigenvalue weighted by Gasteiger charge is -2.30. The number of phosphoric ester groups is 3. The van der Waals surface area contributed by atoms with Gasteiger partial charge in [-0.05, 0) is 25.8 Å². The fraction of sp³-hybridized carbons (Fsp3) is 0.704. The summed E-state index contributed by atoms with van der Waals surface area (Å²) < 4.78 is 62.0. The summed E-state index contributed by atoms with van der Waals surface area (Å²) in [6.07, 6.45) is -6.60. The van der Waals surface area contributed by atoms with E-state index in [-0.39, 0.29) is 48.7 Å². The highest BCUT2D eigenvalue weighted by atomic mass is 32.2. The monoisotopic (exact) mass is 896 g/mol. The topological polar surface area (TPSA) is 410 Å². The van der Waals surface area contributed by atoms with Gasteiger partial charge in [0.2, 0.25) is 16.9 Å². The van der Waals surface area contributed by atoms with Crippen molar-refractivity contribution in [2.75, 3.05) is 44.3 Å². The van der Waals surface area contributed by atoms with Gasteiger partial charge in [-0.2, -0.15) is 4.31 Å². The smallest absolute Gasteiger partial charge is 0.386 e. The third kappa shape index (κ3) is 15.2. The number of phosphoric acid groups is 3. The van der Waals surface area contributed by atoms with E-state index in [9.17, 15) is 63.0 Å². The fourth-order valence-corrected chi connectivity index (χ4v) is 8.52. The maximum absolute atomic E-state index is 12.7. The van der Waals surface area contributed by atoms with Gasteiger partial charge in [0.15, 0.2) is 17.7 Å². The fourth-order valence-electron chi connectivity index (χ4n) is 4.98. The molecule has 0 aromatic carbocycles. The van der Waals surface area contributed by atoms with Gasteiger partial charge in [-0.1, -0.05) is 25.6 Å². The number of hydrogen-bond acceptors (Lipinski definition) is 20. The summed E-state index contributed by atoms with van der Waals surface area (Å²) in [5.41, 5.74) is 9.61. The molecular formula is C27H47N8O18P3S. The number of rotatable bonds is 24. The van der Waals surface area contributed by atoms with Gasteiger partial charge in [-0.15, -0.1) is 0 Å². The predicted molar refractivity (Wildman–Crippen MR) is 196 cm³/mol. The van der Waals surface area contributed by atoms with Crippen LogP contribution in [0.4, 0.5) is 5.82 Å². The SMILES string of the molecule is CC(C)(COP(=O)(O)OP(=O)(O)OC[C@H]1O[C@@H](n2cnc3c(N)ncnc32)[C@H](O)[C@@H]1OP(=O)(O)O)[C@@H](O)C(=O)NCCC(=O)NCCSC(=O)C(O)CCCCN. The minimum absolute atomic E-state index is 0.0239. The van der Waals surface area contributed by atoms with E-state index >= 15 is 0 Å². The molecule has 3 unspecified atom stereocenters. The first-order chi connectivity index (χ1) is 26.5. The molecule has 3 heterocycles. The zero-order valence-electron chi connectivity index (χ0n) is 30.5. The van der Waals surface area contributed by atoms with Crippen LogP contribution in [0.15, 0.2) is 12.7 Å². The van der Waals surface area contributed by atoms with Crippen molar-refractivity contribution in [2.45, 2.75) is 76.3 Å². The van der Waals surface area contributed by atoms with E-state index in [1.807, 2.05) is 0 Å². The van der Waals surface area contributed by atoms with Crippen molar-refractivity contribution in [3.63, 3.8) is 0 Å². The Labute approximate surface area is 328 Å². The van der Waals surface area contributed by atoms with Gasteiger partial charge in [-0.3, -0.25) is 32.5 Å². The lowest BCUT2D eigenvalue weighted by molar-refractivity contribution is -0.137. The van der Waals surface area contributed by atoms with Crippen LogP contribution in [0.5, 0.6) is 0 Å². The number of aliphatic hydroxyl groups is 3. The van der Waals surface area contributed by atoms with Gasteiger partial charge in [0.05, 0.1) is 19.5 Å². The lowest BCUT2D eigenvalue weighted by Crippen LogP contribution is -2.46. The summed E-state index contributed by atoms with van der Waals surface area (Å²) in [6.45, 7) is 0.734. The molecule has 1 fully saturated rings. The maximum atomic E-state index is 12.7. The highest BCUT2D eigenvalue weighted by Crippen LogP contribution is 2.61. The number of thioether (sulfide) groups is 1. The van der Waals surface area contributed by atoms with Gasteiger partial charge in [-0.25, -0.2) is 28.6 Å². The van der Waals surface area contributed by atoms with E-state index in [0.29, 0.717) is 19.4 Å². The Morgan fingerprint density at radius 1 is 1.04 bits per heavy atom. The van der Waals surface area contributed by atoms with Crippen molar-refractivity contribution in [2.24, 2.45) is 11.1 Å². The molecule has 26 nitrogen and oxygen atoms in total. The molecule has 1 aliphatic heterocycles. The number of aromatic nitrogens is 4. The largest absolute Gasteiger partial charge is 0.481 e. The number of carbonyl (C=O) groups is 3. The van der Waals surface area contributed by atoms with Crippen LogP contribution in [0.1, 0.15) is 45.8 Å². The average molecular weight is 897 g/mol. The Balaban J connectivity index is 1.47. The number of ether oxygens (including phenoxy) is 1. The van der Waals surface area contributed by atoms with Gasteiger partial charge in [0.1, 0.15) is 42.4 Å². The second kappa shape index (κ2) is 21.1. The van der Waals surface area contributed by atoms with E-state index in [1.165, 1.54) is 13.8 Å². The molecule has 8 atom stereocenters. The standard InChI is InChI=1S/C27H47N8O18P3S/c1-27(2,21(39)24(40)31-8-6-17(37)30-9-10-57-26(41)15(36)5-3-4-7-28)12-50-56(47,48)53-55(45,46)49-11-16-20(52-54(42,43)44)19(38)25(51-16)35-14-34-18-22(29)32-13-33-23(18)35/h13-16,19-21,25,36,38-39H,3-12,28H2,1-2H3,(H,30,37)(H,31,40)(H,45,46)(H,47,48)(H2,29,32,33)(H2,42,43,44)/t15?,16-,19-,20-,21+,25-/m1/s1. The Kier molecular flexibility index (Phi) is 18.1. The Hall–Kier alpha value is -2.52. The van der Waals surface area contributed by atoms with E-state index < -0.39 is 95.8 Å². The van der Waals surface area contributed by atoms with Crippen molar-refractivity contribution in [3.05, 3.63) is 12.7 Å². The second-order valence-electron chi connectivity index (χ2n) is 13.0. The number of hydrogen-bond donors (Lipinski definition) is 11. The molecule has 0 radical (unpaired) electrons. The third-order valence-corrected chi connectivity index (χ3v) is 12.0. The number of nitrogens with one attached hydrogen (secondary N) is 2. The molecule has 57 heavy (non-hydrogen) atoms. The number of amides is 2. The van der Waals surface area contributed by atoms with Crippen LogP contribution >= 0.6 is 35.2 Å². The lowest BCUT2D eigenvalue weighted by atomic mass is 9.87. The summed E-state index contributed by atoms with van der Waals surface area (Å²) in [7, 11) is -16.4. The van der Waals surface area contributed by atoms with Crippen molar-refractivity contribution < 1.29 is 85.6 Å². The van der Waals surface area contributed by atoms with Gasteiger partial charge < -0.3 is 61.7 Å². The first kappa shape index (κ1) is 48.8. The summed E-state index contributed by atoms with van der Waals surface area (Å²) in [5.74, 6) is -1.35. The van der Waals surface area contributed by atoms with Crippen LogP contribution in [0.3, 0.4) is 0 Å². The normalized spacial score (nSPS) is 22.1. The number of nitrogen functional groups attached to an aromatic ring is 1. The predicted octanol–water partition coefficient (Wildman–Crippen LogP) is -1.85. The molecule has 3 rings (SSSR count). The number of nitrogens with zero attached hydrogens (tertiary/aromatic N) is 4. The van der Waals surface area contributed by atoms with Crippen molar-refractivity contribution in [1.82, 2.24) is 30.2 Å². The van der Waals surface area contributed by atoms with Gasteiger partial charge in [0, 0.05) is 30.7 Å². The minimum Gasteiger partial charge on any atom is -0.386 e. The van der Waals surface area contributed by atoms with E-state index in [0.717, 1.165) is 29.0 Å². The summed E-state index contributed by atoms with van der Waals surface area (Å²) in [5, 5.41) is 35.7. The molecule has 0 saturated carbocycles. The number of aliphatic hydroxyl groups excluding tert-OH is 3. The molecule has 13 N–H and O–H groups in total.